The average Bonchev–Trinajstić information content (AvgIpc) is 3.26. The van der Waals surface area contributed by atoms with E-state index in [4.69, 9.17) is 0 Å². The Balaban J connectivity index is 1.16. The van der Waals surface area contributed by atoms with E-state index in [2.05, 4.69) is 107 Å². The average molecular weight is 628 g/mol. The van der Waals surface area contributed by atoms with Crippen LogP contribution in [0.3, 0.4) is 0 Å². The molecule has 0 bridgehead atoms. The number of hydrogen-bond acceptors (Lipinski definition) is 1. The first-order chi connectivity index (χ1) is 21.9. The third-order valence-corrected chi connectivity index (χ3v) is 16.4. The molecule has 0 amide bonds. The zero-order chi connectivity index (χ0) is 32.2. The normalized spacial score (nSPS) is 16.9. The Morgan fingerprint density at radius 2 is 0.933 bits per heavy atom. The molecule has 1 atom stereocenters. The van der Waals surface area contributed by atoms with Gasteiger partial charge in [0.1, 0.15) is 8.07 Å². The quantitative estimate of drug-likeness (QED) is 0.0853. The van der Waals surface area contributed by atoms with Gasteiger partial charge in [0.05, 0.1) is 5.54 Å². The first kappa shape index (κ1) is 37.6. The van der Waals surface area contributed by atoms with Gasteiger partial charge in [-0.2, -0.15) is 0 Å². The molecular formula is C43H69NSi. The molecule has 1 nitrogen and oxygen atoms in total. The van der Waals surface area contributed by atoms with Crippen LogP contribution in [-0.4, -0.2) is 20.2 Å². The molecule has 0 radical (unpaired) electrons. The van der Waals surface area contributed by atoms with Gasteiger partial charge in [-0.25, -0.2) is 0 Å². The summed E-state index contributed by atoms with van der Waals surface area (Å²) in [5.41, 5.74) is 4.50. The molecule has 0 aliphatic heterocycles. The highest BCUT2D eigenvalue weighted by atomic mass is 28.3. The smallest absolute Gasteiger partial charge is 0.118 e. The van der Waals surface area contributed by atoms with E-state index in [9.17, 15) is 0 Å². The second kappa shape index (κ2) is 21.1. The molecule has 2 aromatic rings. The maximum absolute atomic E-state index is 3.81. The molecule has 0 heterocycles. The Hall–Kier alpha value is -1.90. The topological polar surface area (TPSA) is 12.0 Å². The Kier molecular flexibility index (Phi) is 17.6. The standard InChI is InChI=1S/C43H69NSi/c1-6-7-35-45(41-30-24-22-25-31-41,42-32-26-23-27-33-42)36-29-21-19-17-15-13-11-9-8-10-12-14-16-18-20-28-34-44-43(5)37-38(2)39(3)40(43)4/h22-27,30-33,37,44H,6-21,28-29,34-36H2,1-5H3. The maximum Gasteiger partial charge on any atom is 0.118 e. The van der Waals surface area contributed by atoms with Gasteiger partial charge in [0.25, 0.3) is 0 Å². The van der Waals surface area contributed by atoms with Crippen LogP contribution in [0.25, 0.3) is 0 Å². The van der Waals surface area contributed by atoms with Crippen LogP contribution >= 0.6 is 0 Å². The van der Waals surface area contributed by atoms with Crippen molar-refractivity contribution in [1.82, 2.24) is 5.32 Å². The van der Waals surface area contributed by atoms with Gasteiger partial charge in [-0.1, -0.05) is 199 Å². The van der Waals surface area contributed by atoms with Gasteiger partial charge in [0, 0.05) is 0 Å². The summed E-state index contributed by atoms with van der Waals surface area (Å²) in [5, 5.41) is 7.11. The Bertz CT molecular complexity index is 1080. The molecule has 0 saturated carbocycles. The molecule has 250 valence electrons. The third kappa shape index (κ3) is 12.3. The fourth-order valence-corrected chi connectivity index (χ4v) is 13.0. The largest absolute Gasteiger partial charge is 0.305 e. The van der Waals surface area contributed by atoms with E-state index in [1.807, 2.05) is 0 Å². The van der Waals surface area contributed by atoms with Crippen LogP contribution in [0.1, 0.15) is 150 Å². The second-order valence-electron chi connectivity index (χ2n) is 14.5. The first-order valence-electron chi connectivity index (χ1n) is 19.2. The van der Waals surface area contributed by atoms with Gasteiger partial charge in [-0.05, 0) is 63.9 Å². The summed E-state index contributed by atoms with van der Waals surface area (Å²) in [5.74, 6) is 0. The minimum atomic E-state index is -1.70. The van der Waals surface area contributed by atoms with Crippen molar-refractivity contribution in [3.63, 3.8) is 0 Å². The molecule has 0 saturated heterocycles. The van der Waals surface area contributed by atoms with E-state index in [0.717, 1.165) is 6.54 Å². The number of benzene rings is 2. The molecule has 1 unspecified atom stereocenters. The van der Waals surface area contributed by atoms with Gasteiger partial charge < -0.3 is 5.32 Å². The van der Waals surface area contributed by atoms with Crippen molar-refractivity contribution in [2.45, 2.75) is 168 Å². The molecule has 1 aliphatic rings. The SMILES string of the molecule is CCCC[Si](CCCCCCCCCCCCCCCCCCNC1(C)C=C(C)C(C)=C1C)(c1ccccc1)c1ccccc1. The van der Waals surface area contributed by atoms with Crippen molar-refractivity contribution in [2.75, 3.05) is 6.54 Å². The number of nitrogens with one attached hydrogen (secondary N) is 1. The monoisotopic (exact) mass is 628 g/mol. The molecule has 2 heteroatoms. The van der Waals surface area contributed by atoms with E-state index in [0.29, 0.717) is 0 Å². The van der Waals surface area contributed by atoms with Gasteiger partial charge >= 0.3 is 0 Å². The summed E-state index contributed by atoms with van der Waals surface area (Å²) >= 11 is 0. The summed E-state index contributed by atoms with van der Waals surface area (Å²) in [6.07, 6.45) is 27.8. The second-order valence-corrected chi connectivity index (χ2v) is 18.8. The lowest BCUT2D eigenvalue weighted by atomic mass is 9.95. The minimum Gasteiger partial charge on any atom is -0.305 e. The fourth-order valence-electron chi connectivity index (χ4n) is 7.76. The lowest BCUT2D eigenvalue weighted by molar-refractivity contribution is 0.476. The van der Waals surface area contributed by atoms with Crippen LogP contribution < -0.4 is 15.7 Å². The zero-order valence-electron chi connectivity index (χ0n) is 30.2. The van der Waals surface area contributed by atoms with Crippen LogP contribution in [0, 0.1) is 0 Å². The summed E-state index contributed by atoms with van der Waals surface area (Å²) in [7, 11) is -1.70. The Labute approximate surface area is 280 Å². The third-order valence-electron chi connectivity index (χ3n) is 11.1. The number of unbranched alkanes of at least 4 members (excludes halogenated alkanes) is 16. The minimum absolute atomic E-state index is 0.0858. The van der Waals surface area contributed by atoms with E-state index >= 15 is 0 Å². The van der Waals surface area contributed by atoms with Gasteiger partial charge in [0.15, 0.2) is 0 Å². The highest BCUT2D eigenvalue weighted by Gasteiger charge is 2.35. The lowest BCUT2D eigenvalue weighted by Gasteiger charge is -2.33. The van der Waals surface area contributed by atoms with Crippen LogP contribution in [-0.2, 0) is 0 Å². The molecule has 0 spiro atoms. The lowest BCUT2D eigenvalue weighted by Crippen LogP contribution is -2.58. The van der Waals surface area contributed by atoms with E-state index in [1.54, 1.807) is 10.4 Å². The van der Waals surface area contributed by atoms with Crippen molar-refractivity contribution < 1.29 is 0 Å². The molecule has 1 N–H and O–H groups in total. The Morgan fingerprint density at radius 3 is 1.33 bits per heavy atom. The van der Waals surface area contributed by atoms with Crippen molar-refractivity contribution >= 4 is 18.4 Å². The van der Waals surface area contributed by atoms with Gasteiger partial charge in [-0.15, -0.1) is 0 Å². The van der Waals surface area contributed by atoms with Crippen molar-refractivity contribution in [2.24, 2.45) is 0 Å². The molecule has 1 aliphatic carbocycles. The number of hydrogen-bond donors (Lipinski definition) is 1. The molecule has 0 aromatic heterocycles. The molecule has 0 fully saturated rings. The van der Waals surface area contributed by atoms with E-state index in [-0.39, 0.29) is 5.54 Å². The van der Waals surface area contributed by atoms with Crippen molar-refractivity contribution in [3.05, 3.63) is 83.5 Å². The summed E-state index contributed by atoms with van der Waals surface area (Å²) < 4.78 is 0. The summed E-state index contributed by atoms with van der Waals surface area (Å²) in [6, 6.07) is 26.0. The Morgan fingerprint density at radius 1 is 0.533 bits per heavy atom. The molecule has 2 aromatic carbocycles. The van der Waals surface area contributed by atoms with Crippen molar-refractivity contribution in [1.29, 1.82) is 0 Å². The maximum atomic E-state index is 3.81. The fraction of sp³-hybridized carbons (Fsp3) is 0.628. The van der Waals surface area contributed by atoms with E-state index < -0.39 is 8.07 Å². The molecule has 45 heavy (non-hydrogen) atoms. The van der Waals surface area contributed by atoms with Crippen LogP contribution in [0.4, 0.5) is 0 Å². The van der Waals surface area contributed by atoms with Crippen LogP contribution in [0.15, 0.2) is 83.5 Å². The highest BCUT2D eigenvalue weighted by molar-refractivity contribution is 7.02. The van der Waals surface area contributed by atoms with Crippen LogP contribution in [0.2, 0.25) is 12.1 Å². The first-order valence-corrected chi connectivity index (χ1v) is 21.6. The molecular weight excluding hydrogens is 559 g/mol. The van der Waals surface area contributed by atoms with Crippen LogP contribution in [0.5, 0.6) is 0 Å². The van der Waals surface area contributed by atoms with Gasteiger partial charge in [-0.3, -0.25) is 0 Å². The van der Waals surface area contributed by atoms with Crippen molar-refractivity contribution in [3.8, 4) is 0 Å². The number of allylic oxidation sites excluding steroid dienone is 2. The zero-order valence-corrected chi connectivity index (χ0v) is 31.2. The highest BCUT2D eigenvalue weighted by Crippen LogP contribution is 2.33. The molecule has 3 rings (SSSR count). The van der Waals surface area contributed by atoms with E-state index in [1.165, 1.54) is 144 Å². The summed E-state index contributed by atoms with van der Waals surface area (Å²) in [6.45, 7) is 12.6. The predicted molar refractivity (Wildman–Crippen MR) is 205 cm³/mol. The van der Waals surface area contributed by atoms with Gasteiger partial charge in [0.2, 0.25) is 0 Å². The number of rotatable bonds is 25. The predicted octanol–water partition coefficient (Wildman–Crippen LogP) is 11.9. The summed E-state index contributed by atoms with van der Waals surface area (Å²) in [4.78, 5) is 0.